The highest BCUT2D eigenvalue weighted by Gasteiger charge is 2.39. The van der Waals surface area contributed by atoms with Crippen LogP contribution in [0.25, 0.3) is 0 Å². The third-order valence-corrected chi connectivity index (χ3v) is 5.46. The second-order valence-corrected chi connectivity index (χ2v) is 6.46. The minimum atomic E-state index is -3.13. The zero-order valence-electron chi connectivity index (χ0n) is 9.39. The summed E-state index contributed by atoms with van der Waals surface area (Å²) >= 11 is 0. The molecule has 0 N–H and O–H groups in total. The molecule has 2 rings (SSSR count). The van der Waals surface area contributed by atoms with Crippen molar-refractivity contribution in [2.45, 2.75) is 18.9 Å². The molecule has 0 unspecified atom stereocenters. The molecule has 2 fully saturated rings. The molecule has 5 nitrogen and oxygen atoms in total. The first-order chi connectivity index (χ1) is 7.01. The Hall–Kier alpha value is -0.170. The molecule has 0 aromatic rings. The quantitative estimate of drug-likeness (QED) is 0.617. The van der Waals surface area contributed by atoms with Crippen molar-refractivity contribution in [2.75, 3.05) is 40.3 Å². The van der Waals surface area contributed by atoms with Gasteiger partial charge in [-0.3, -0.25) is 0 Å². The molecule has 0 aromatic carbocycles. The summed E-state index contributed by atoms with van der Waals surface area (Å²) in [5, 5.41) is 0. The third kappa shape index (κ3) is 2.04. The highest BCUT2D eigenvalue weighted by molar-refractivity contribution is 7.87. The number of rotatable bonds is 1. The maximum atomic E-state index is 11.9. The van der Waals surface area contributed by atoms with Gasteiger partial charge in [0.25, 0.3) is 10.2 Å². The monoisotopic (exact) mass is 233 g/mol. The molecule has 0 aliphatic carbocycles. The van der Waals surface area contributed by atoms with Crippen molar-refractivity contribution in [1.82, 2.24) is 13.5 Å². The first-order valence-electron chi connectivity index (χ1n) is 5.43. The minimum Gasteiger partial charge on any atom is -0.306 e. The molecule has 0 atom stereocenters. The van der Waals surface area contributed by atoms with Gasteiger partial charge < -0.3 is 4.90 Å². The van der Waals surface area contributed by atoms with Gasteiger partial charge in [0.1, 0.15) is 0 Å². The highest BCUT2D eigenvalue weighted by atomic mass is 32.2. The molecule has 0 spiro atoms. The van der Waals surface area contributed by atoms with Crippen LogP contribution in [0.3, 0.4) is 0 Å². The maximum absolute atomic E-state index is 11.9. The molecule has 0 radical (unpaired) electrons. The van der Waals surface area contributed by atoms with Crippen LogP contribution >= 0.6 is 0 Å². The van der Waals surface area contributed by atoms with E-state index in [0.29, 0.717) is 13.1 Å². The molecule has 15 heavy (non-hydrogen) atoms. The van der Waals surface area contributed by atoms with Crippen molar-refractivity contribution < 1.29 is 8.42 Å². The van der Waals surface area contributed by atoms with E-state index in [2.05, 4.69) is 11.9 Å². The number of likely N-dealkylation sites (tertiary alicyclic amines) is 1. The summed E-state index contributed by atoms with van der Waals surface area (Å²) in [5.41, 5.74) is 0. The fraction of sp³-hybridized carbons (Fsp3) is 1.00. The van der Waals surface area contributed by atoms with Crippen LogP contribution in [0.2, 0.25) is 0 Å². The van der Waals surface area contributed by atoms with E-state index in [4.69, 9.17) is 0 Å². The lowest BCUT2D eigenvalue weighted by Gasteiger charge is -2.33. The predicted molar refractivity (Wildman–Crippen MR) is 58.8 cm³/mol. The number of nitrogens with zero attached hydrogens (tertiary/aromatic N) is 3. The molecule has 0 amide bonds. The van der Waals surface area contributed by atoms with E-state index in [1.807, 2.05) is 0 Å². The van der Waals surface area contributed by atoms with Gasteiger partial charge in [0, 0.05) is 26.2 Å². The van der Waals surface area contributed by atoms with E-state index in [-0.39, 0.29) is 6.04 Å². The average Bonchev–Trinajstić information content (AvgIpc) is 2.44. The molecule has 2 heterocycles. The summed E-state index contributed by atoms with van der Waals surface area (Å²) in [7, 11) is 0.606. The van der Waals surface area contributed by atoms with Gasteiger partial charge in [0.2, 0.25) is 0 Å². The van der Waals surface area contributed by atoms with Crippen molar-refractivity contribution in [2.24, 2.45) is 0 Å². The van der Waals surface area contributed by atoms with Crippen LogP contribution in [0.5, 0.6) is 0 Å². The Bertz CT molecular complexity index is 322. The molecule has 6 heteroatoms. The van der Waals surface area contributed by atoms with Crippen molar-refractivity contribution in [3.63, 3.8) is 0 Å². The number of piperidine rings is 1. The van der Waals surface area contributed by atoms with Gasteiger partial charge in [-0.15, -0.1) is 0 Å². The third-order valence-electron chi connectivity index (χ3n) is 3.42. The molecule has 0 aromatic heterocycles. The normalized spacial score (nSPS) is 31.1. The minimum absolute atomic E-state index is 0.219. The summed E-state index contributed by atoms with van der Waals surface area (Å²) in [6.45, 7) is 3.29. The van der Waals surface area contributed by atoms with Crippen LogP contribution in [-0.4, -0.2) is 68.2 Å². The Kier molecular flexibility index (Phi) is 3.03. The lowest BCUT2D eigenvalue weighted by molar-refractivity contribution is 0.190. The van der Waals surface area contributed by atoms with Crippen molar-refractivity contribution in [3.05, 3.63) is 0 Å². The summed E-state index contributed by atoms with van der Waals surface area (Å²) in [6.07, 6.45) is 1.92. The molecule has 0 bridgehead atoms. The van der Waals surface area contributed by atoms with Crippen molar-refractivity contribution >= 4 is 10.2 Å². The molecule has 0 saturated carbocycles. The van der Waals surface area contributed by atoms with Gasteiger partial charge in [-0.25, -0.2) is 0 Å². The fourth-order valence-corrected chi connectivity index (χ4v) is 3.87. The lowest BCUT2D eigenvalue weighted by atomic mass is 10.1. The molecule has 2 aliphatic heterocycles. The molecule has 2 saturated heterocycles. The first kappa shape index (κ1) is 11.3. The lowest BCUT2D eigenvalue weighted by Crippen LogP contribution is -2.45. The van der Waals surface area contributed by atoms with Crippen molar-refractivity contribution in [1.29, 1.82) is 0 Å². The Morgan fingerprint density at radius 2 is 1.60 bits per heavy atom. The largest absolute Gasteiger partial charge is 0.306 e. The second-order valence-electron chi connectivity index (χ2n) is 4.47. The van der Waals surface area contributed by atoms with E-state index >= 15 is 0 Å². The zero-order valence-corrected chi connectivity index (χ0v) is 10.2. The van der Waals surface area contributed by atoms with E-state index in [1.165, 1.54) is 4.31 Å². The first-order valence-corrected chi connectivity index (χ1v) is 6.83. The maximum Gasteiger partial charge on any atom is 0.282 e. The summed E-state index contributed by atoms with van der Waals surface area (Å²) < 4.78 is 27.0. The molecular weight excluding hydrogens is 214 g/mol. The van der Waals surface area contributed by atoms with Gasteiger partial charge in [0.15, 0.2) is 0 Å². The highest BCUT2D eigenvalue weighted by Crippen LogP contribution is 2.23. The predicted octanol–water partition coefficient (Wildman–Crippen LogP) is -0.427. The van der Waals surface area contributed by atoms with Crippen LogP contribution in [0.1, 0.15) is 12.8 Å². The van der Waals surface area contributed by atoms with Crippen LogP contribution in [-0.2, 0) is 10.2 Å². The van der Waals surface area contributed by atoms with Gasteiger partial charge in [0.05, 0.1) is 0 Å². The fourth-order valence-electron chi connectivity index (χ4n) is 2.30. The average molecular weight is 233 g/mol. The summed E-state index contributed by atoms with van der Waals surface area (Å²) in [4.78, 5) is 2.25. The SMILES string of the molecule is CN1CCC(N2CCN(C)S2(=O)=O)CC1. The Morgan fingerprint density at radius 1 is 1.00 bits per heavy atom. The molecule has 88 valence electrons. The van der Waals surface area contributed by atoms with Crippen LogP contribution in [0.4, 0.5) is 0 Å². The van der Waals surface area contributed by atoms with Crippen LogP contribution in [0.15, 0.2) is 0 Å². The van der Waals surface area contributed by atoms with Crippen molar-refractivity contribution in [3.8, 4) is 0 Å². The summed E-state index contributed by atoms with van der Waals surface area (Å²) in [5.74, 6) is 0. The van der Waals surface area contributed by atoms with Gasteiger partial charge in [-0.05, 0) is 33.0 Å². The zero-order chi connectivity index (χ0) is 11.1. The van der Waals surface area contributed by atoms with E-state index in [0.717, 1.165) is 25.9 Å². The number of hydrogen-bond acceptors (Lipinski definition) is 3. The second kappa shape index (κ2) is 4.01. The smallest absolute Gasteiger partial charge is 0.282 e. The van der Waals surface area contributed by atoms with E-state index < -0.39 is 10.2 Å². The Labute approximate surface area is 91.8 Å². The van der Waals surface area contributed by atoms with Gasteiger partial charge in [-0.1, -0.05) is 0 Å². The Balaban J connectivity index is 2.06. The van der Waals surface area contributed by atoms with E-state index in [9.17, 15) is 8.42 Å². The number of hydrogen-bond donors (Lipinski definition) is 0. The molecule has 2 aliphatic rings. The van der Waals surface area contributed by atoms with Gasteiger partial charge >= 0.3 is 0 Å². The van der Waals surface area contributed by atoms with Crippen LogP contribution in [0, 0.1) is 0 Å². The van der Waals surface area contributed by atoms with Crippen LogP contribution < -0.4 is 0 Å². The Morgan fingerprint density at radius 3 is 2.07 bits per heavy atom. The van der Waals surface area contributed by atoms with Gasteiger partial charge in [-0.2, -0.15) is 17.0 Å². The topological polar surface area (TPSA) is 43.9 Å². The standard InChI is InChI=1S/C9H19N3O2S/c1-10-5-3-9(4-6-10)12-8-7-11(2)15(12,13)14/h9H,3-8H2,1-2H3. The van der Waals surface area contributed by atoms with E-state index in [1.54, 1.807) is 11.4 Å². The summed E-state index contributed by atoms with van der Waals surface area (Å²) in [6, 6.07) is 0.219. The number of likely N-dealkylation sites (N-methyl/N-ethyl adjacent to an activating group) is 1. The molecular formula is C9H19N3O2S.